The molecule has 4 nitrogen and oxygen atoms in total. The first-order chi connectivity index (χ1) is 8.17. The van der Waals surface area contributed by atoms with E-state index >= 15 is 0 Å². The highest BCUT2D eigenvalue weighted by molar-refractivity contribution is 7.90. The lowest BCUT2D eigenvalue weighted by atomic mass is 10.0. The number of hydrogen-bond donors (Lipinski definition) is 1. The van der Waals surface area contributed by atoms with Gasteiger partial charge in [-0.15, -0.1) is 11.6 Å². The van der Waals surface area contributed by atoms with Crippen LogP contribution in [-0.4, -0.2) is 39.3 Å². The smallest absolute Gasteiger partial charge is 0.214 e. The zero-order chi connectivity index (χ0) is 12.6. The molecule has 0 radical (unpaired) electrons. The Hall–Kier alpha value is 0.160. The van der Waals surface area contributed by atoms with Crippen molar-refractivity contribution in [1.29, 1.82) is 0 Å². The molecule has 1 N–H and O–H groups in total. The third kappa shape index (κ3) is 6.04. The molecule has 1 aliphatic rings. The zero-order valence-electron chi connectivity index (χ0n) is 10.2. The second kappa shape index (κ2) is 8.29. The topological polar surface area (TPSA) is 55.4 Å². The molecule has 0 aromatic carbocycles. The van der Waals surface area contributed by atoms with Crippen molar-refractivity contribution in [2.24, 2.45) is 0 Å². The van der Waals surface area contributed by atoms with Crippen molar-refractivity contribution < 1.29 is 13.2 Å². The molecule has 0 spiro atoms. The number of ether oxygens (including phenoxy) is 1. The van der Waals surface area contributed by atoms with Crippen LogP contribution in [0.2, 0.25) is 0 Å². The summed E-state index contributed by atoms with van der Waals surface area (Å²) in [4.78, 5) is 0. The van der Waals surface area contributed by atoms with Crippen molar-refractivity contribution >= 4 is 21.6 Å². The van der Waals surface area contributed by atoms with Gasteiger partial charge in [0, 0.05) is 19.0 Å². The maximum absolute atomic E-state index is 11.9. The molecule has 0 saturated heterocycles. The fourth-order valence-corrected chi connectivity index (χ4v) is 3.77. The molecule has 1 fully saturated rings. The monoisotopic (exact) mass is 283 g/mol. The molecule has 0 aliphatic heterocycles. The summed E-state index contributed by atoms with van der Waals surface area (Å²) in [7, 11) is -3.11. The van der Waals surface area contributed by atoms with Gasteiger partial charge in [-0.25, -0.2) is 13.1 Å². The lowest BCUT2D eigenvalue weighted by Crippen LogP contribution is -2.36. The maximum atomic E-state index is 11.9. The number of hydrogen-bond acceptors (Lipinski definition) is 3. The van der Waals surface area contributed by atoms with Crippen LogP contribution in [0.3, 0.4) is 0 Å². The van der Waals surface area contributed by atoms with E-state index in [1.807, 2.05) is 0 Å². The quantitative estimate of drug-likeness (QED) is 0.547. The Bertz CT molecular complexity index is 289. The molecule has 0 unspecified atom stereocenters. The summed E-state index contributed by atoms with van der Waals surface area (Å²) in [6.45, 7) is 1.54. The molecule has 0 bridgehead atoms. The molecule has 1 rings (SSSR count). The van der Waals surface area contributed by atoms with Gasteiger partial charge in [-0.3, -0.25) is 0 Å². The normalized spacial score (nSPS) is 18.4. The van der Waals surface area contributed by atoms with Gasteiger partial charge < -0.3 is 4.74 Å². The number of rotatable bonds is 8. The van der Waals surface area contributed by atoms with Gasteiger partial charge >= 0.3 is 0 Å². The van der Waals surface area contributed by atoms with Gasteiger partial charge in [0.15, 0.2) is 0 Å². The fourth-order valence-electron chi connectivity index (χ4n) is 2.04. The number of alkyl halides is 1. The Morgan fingerprint density at radius 1 is 1.18 bits per heavy atom. The largest absolute Gasteiger partial charge is 0.380 e. The van der Waals surface area contributed by atoms with E-state index in [0.717, 1.165) is 32.1 Å². The van der Waals surface area contributed by atoms with Gasteiger partial charge in [0.25, 0.3) is 0 Å². The summed E-state index contributed by atoms with van der Waals surface area (Å²) in [5.74, 6) is 0.480. The molecule has 17 heavy (non-hydrogen) atoms. The van der Waals surface area contributed by atoms with E-state index in [1.165, 1.54) is 0 Å². The molecule has 0 aromatic rings. The summed E-state index contributed by atoms with van der Waals surface area (Å²) in [5, 5.41) is -0.181. The summed E-state index contributed by atoms with van der Waals surface area (Å²) in [6.07, 6.45) is 5.53. The van der Waals surface area contributed by atoms with Crippen LogP contribution in [0.15, 0.2) is 0 Å². The fraction of sp³-hybridized carbons (Fsp3) is 1.00. The lowest BCUT2D eigenvalue weighted by Gasteiger charge is -2.21. The minimum absolute atomic E-state index is 0.181. The number of nitrogens with one attached hydrogen (secondary N) is 1. The predicted molar refractivity (Wildman–Crippen MR) is 70.0 cm³/mol. The Labute approximate surface area is 109 Å². The summed E-state index contributed by atoms with van der Waals surface area (Å²) in [5.41, 5.74) is 0. The standard InChI is InChI=1S/C11H22ClNO3S/c12-7-10-16-9-4-8-13-17(14,15)11-5-2-1-3-6-11/h11,13H,1-10H2. The van der Waals surface area contributed by atoms with Crippen molar-refractivity contribution in [2.45, 2.75) is 43.8 Å². The van der Waals surface area contributed by atoms with Crippen LogP contribution in [0, 0.1) is 0 Å². The van der Waals surface area contributed by atoms with Gasteiger partial charge in [-0.2, -0.15) is 0 Å². The maximum Gasteiger partial charge on any atom is 0.214 e. The third-order valence-corrected chi connectivity index (χ3v) is 5.09. The van der Waals surface area contributed by atoms with E-state index in [1.54, 1.807) is 0 Å². The minimum atomic E-state index is -3.11. The molecule has 1 saturated carbocycles. The molecule has 6 heteroatoms. The van der Waals surface area contributed by atoms with Crippen molar-refractivity contribution in [1.82, 2.24) is 4.72 Å². The van der Waals surface area contributed by atoms with E-state index in [9.17, 15) is 8.42 Å². The predicted octanol–water partition coefficient (Wildman–Crippen LogP) is 1.88. The molecule has 0 amide bonds. The lowest BCUT2D eigenvalue weighted by molar-refractivity contribution is 0.147. The first-order valence-electron chi connectivity index (χ1n) is 6.29. The molecule has 0 heterocycles. The Morgan fingerprint density at radius 3 is 2.53 bits per heavy atom. The number of halogens is 1. The van der Waals surface area contributed by atoms with Gasteiger partial charge in [0.1, 0.15) is 0 Å². The SMILES string of the molecule is O=S(=O)(NCCCOCCCl)C1CCCCC1. The molecule has 0 atom stereocenters. The van der Waals surface area contributed by atoms with Crippen LogP contribution in [-0.2, 0) is 14.8 Å². The minimum Gasteiger partial charge on any atom is -0.380 e. The number of sulfonamides is 1. The highest BCUT2D eigenvalue weighted by atomic mass is 35.5. The molecule has 1 aliphatic carbocycles. The van der Waals surface area contributed by atoms with Gasteiger partial charge in [-0.1, -0.05) is 19.3 Å². The average molecular weight is 284 g/mol. The Morgan fingerprint density at radius 2 is 1.88 bits per heavy atom. The van der Waals surface area contributed by atoms with E-state index in [2.05, 4.69) is 4.72 Å². The first kappa shape index (κ1) is 15.2. The summed E-state index contributed by atoms with van der Waals surface area (Å²) in [6, 6.07) is 0. The molecule has 0 aromatic heterocycles. The van der Waals surface area contributed by atoms with Crippen molar-refractivity contribution in [2.75, 3.05) is 25.6 Å². The van der Waals surface area contributed by atoms with Gasteiger partial charge in [0.2, 0.25) is 10.0 Å². The van der Waals surface area contributed by atoms with Crippen molar-refractivity contribution in [3.8, 4) is 0 Å². The van der Waals surface area contributed by atoms with Gasteiger partial charge in [-0.05, 0) is 19.3 Å². The second-order valence-corrected chi connectivity index (χ2v) is 6.78. The average Bonchev–Trinajstić information content (AvgIpc) is 2.35. The Kier molecular flexibility index (Phi) is 7.43. The Balaban J connectivity index is 2.15. The molecule has 102 valence electrons. The van der Waals surface area contributed by atoms with E-state index < -0.39 is 10.0 Å². The van der Waals surface area contributed by atoms with Crippen molar-refractivity contribution in [3.63, 3.8) is 0 Å². The van der Waals surface area contributed by atoms with Gasteiger partial charge in [0.05, 0.1) is 11.9 Å². The first-order valence-corrected chi connectivity index (χ1v) is 8.37. The molecular weight excluding hydrogens is 262 g/mol. The summed E-state index contributed by atoms with van der Waals surface area (Å²) < 4.78 is 31.6. The van der Waals surface area contributed by atoms with E-state index in [-0.39, 0.29) is 5.25 Å². The summed E-state index contributed by atoms with van der Waals surface area (Å²) >= 11 is 5.45. The van der Waals surface area contributed by atoms with Crippen LogP contribution in [0.5, 0.6) is 0 Å². The van der Waals surface area contributed by atoms with Crippen LogP contribution in [0.1, 0.15) is 38.5 Å². The zero-order valence-corrected chi connectivity index (χ0v) is 11.7. The van der Waals surface area contributed by atoms with Crippen LogP contribution < -0.4 is 4.72 Å². The third-order valence-electron chi connectivity index (χ3n) is 2.98. The van der Waals surface area contributed by atoms with E-state index in [0.29, 0.717) is 32.1 Å². The van der Waals surface area contributed by atoms with Crippen LogP contribution in [0.25, 0.3) is 0 Å². The van der Waals surface area contributed by atoms with E-state index in [4.69, 9.17) is 16.3 Å². The second-order valence-electron chi connectivity index (χ2n) is 4.35. The van der Waals surface area contributed by atoms with Crippen molar-refractivity contribution in [3.05, 3.63) is 0 Å². The highest BCUT2D eigenvalue weighted by Crippen LogP contribution is 2.22. The molecular formula is C11H22ClNO3S. The van der Waals surface area contributed by atoms with Crippen LogP contribution in [0.4, 0.5) is 0 Å². The highest BCUT2D eigenvalue weighted by Gasteiger charge is 2.26. The van der Waals surface area contributed by atoms with Crippen LogP contribution >= 0.6 is 11.6 Å².